The van der Waals surface area contributed by atoms with E-state index in [9.17, 15) is 0 Å². The van der Waals surface area contributed by atoms with Gasteiger partial charge in [0, 0.05) is 0 Å². The van der Waals surface area contributed by atoms with Gasteiger partial charge in [-0.2, -0.15) is 0 Å². The fraction of sp³-hybridized carbons (Fsp3) is 0.500. The topological polar surface area (TPSA) is 0 Å². The highest BCUT2D eigenvalue weighted by Gasteiger charge is 2.34. The molecule has 40 heavy (non-hydrogen) atoms. The van der Waals surface area contributed by atoms with Gasteiger partial charge in [0.1, 0.15) is 0 Å². The Hall–Kier alpha value is -2.60. The zero-order chi connectivity index (χ0) is 30.9. The van der Waals surface area contributed by atoms with Gasteiger partial charge in [0.25, 0.3) is 0 Å². The predicted molar refractivity (Wildman–Crippen MR) is 184 cm³/mol. The Morgan fingerprint density at radius 3 is 0.700 bits per heavy atom. The summed E-state index contributed by atoms with van der Waals surface area (Å²) in [6, 6.07) is 0. The molecule has 0 heteroatoms. The summed E-state index contributed by atoms with van der Waals surface area (Å²) in [5.74, 6) is 0. The highest BCUT2D eigenvalue weighted by atomic mass is 14.4. The predicted octanol–water partition coefficient (Wildman–Crippen LogP) is 13.4. The second kappa shape index (κ2) is 16.0. The van der Waals surface area contributed by atoms with Gasteiger partial charge in [0.15, 0.2) is 0 Å². The van der Waals surface area contributed by atoms with Gasteiger partial charge < -0.3 is 0 Å². The van der Waals surface area contributed by atoms with Gasteiger partial charge >= 0.3 is 0 Å². The van der Waals surface area contributed by atoms with Crippen LogP contribution in [-0.4, -0.2) is 0 Å². The Bertz CT molecular complexity index is 1090. The van der Waals surface area contributed by atoms with Crippen molar-refractivity contribution in [3.8, 4) is 0 Å². The molecule has 0 radical (unpaired) electrons. The molecule has 0 N–H and O–H groups in total. The summed E-state index contributed by atoms with van der Waals surface area (Å²) in [5, 5.41) is 0. The van der Waals surface area contributed by atoms with Crippen molar-refractivity contribution in [1.82, 2.24) is 0 Å². The third-order valence-corrected chi connectivity index (χ3v) is 7.49. The Morgan fingerprint density at radius 2 is 0.550 bits per heavy atom. The zero-order valence-electron chi connectivity index (χ0n) is 29.1. The SMILES string of the molecule is CC.CC.CC.CC.CC1=CC2=C(C1)C1=C(C=C(C)C1)C2=C(C)C.CC1=CC2=C(C1)C1=C(C=C(C)C1)C2=C(C)C. The van der Waals surface area contributed by atoms with Crippen molar-refractivity contribution in [2.45, 2.75) is 136 Å². The standard InChI is InChI=1S/2C16H18.4C2H6/c2*1-9(2)16-14-7-10(3)5-12(14)13-6-11(4)8-15(13)16;4*1-2/h2*7-8H,5-6H2,1-4H3;4*1-2H3. The summed E-state index contributed by atoms with van der Waals surface area (Å²) in [6.45, 7) is 33.9. The zero-order valence-corrected chi connectivity index (χ0v) is 29.1. The quantitative estimate of drug-likeness (QED) is 0.286. The van der Waals surface area contributed by atoms with Crippen molar-refractivity contribution in [3.63, 3.8) is 0 Å². The van der Waals surface area contributed by atoms with Crippen LogP contribution in [0, 0.1) is 0 Å². The molecule has 0 bridgehead atoms. The van der Waals surface area contributed by atoms with E-state index in [4.69, 9.17) is 0 Å². The van der Waals surface area contributed by atoms with E-state index < -0.39 is 0 Å². The summed E-state index contributed by atoms with van der Waals surface area (Å²) in [6.07, 6.45) is 14.2. The van der Waals surface area contributed by atoms with E-state index in [2.05, 4.69) is 79.7 Å². The van der Waals surface area contributed by atoms with Crippen LogP contribution in [0.2, 0.25) is 0 Å². The van der Waals surface area contributed by atoms with Crippen LogP contribution in [0.1, 0.15) is 136 Å². The molecular weight excluding hydrogens is 480 g/mol. The van der Waals surface area contributed by atoms with Crippen LogP contribution >= 0.6 is 0 Å². The lowest BCUT2D eigenvalue weighted by atomic mass is 9.98. The highest BCUT2D eigenvalue weighted by molar-refractivity contribution is 5.78. The van der Waals surface area contributed by atoms with Crippen LogP contribution in [0.4, 0.5) is 0 Å². The Kier molecular flexibility index (Phi) is 14.2. The Labute approximate surface area is 249 Å². The minimum absolute atomic E-state index is 1.17. The number of fused-ring (bicyclic) bond motifs is 2. The van der Waals surface area contributed by atoms with Crippen LogP contribution in [0.25, 0.3) is 0 Å². The average Bonchev–Trinajstić information content (AvgIpc) is 3.75. The van der Waals surface area contributed by atoms with Crippen molar-refractivity contribution < 1.29 is 0 Å². The van der Waals surface area contributed by atoms with Gasteiger partial charge in [0.2, 0.25) is 0 Å². The second-order valence-corrected chi connectivity index (χ2v) is 11.0. The molecule has 0 fully saturated rings. The summed E-state index contributed by atoms with van der Waals surface area (Å²) < 4.78 is 0. The normalized spacial score (nSPS) is 18.7. The lowest BCUT2D eigenvalue weighted by molar-refractivity contribution is 1.09. The molecule has 0 aromatic carbocycles. The van der Waals surface area contributed by atoms with Crippen molar-refractivity contribution in [2.24, 2.45) is 0 Å². The summed E-state index contributed by atoms with van der Waals surface area (Å²) in [5.41, 5.74) is 24.5. The van der Waals surface area contributed by atoms with Gasteiger partial charge in [0.05, 0.1) is 0 Å². The maximum atomic E-state index is 2.39. The van der Waals surface area contributed by atoms with E-state index >= 15 is 0 Å². The van der Waals surface area contributed by atoms with Crippen molar-refractivity contribution in [1.29, 1.82) is 0 Å². The molecule has 0 nitrogen and oxygen atoms in total. The van der Waals surface area contributed by atoms with Crippen LogP contribution in [0.15, 0.2) is 113 Å². The lowest BCUT2D eigenvalue weighted by Crippen LogP contribution is -1.88. The van der Waals surface area contributed by atoms with Gasteiger partial charge in [-0.25, -0.2) is 0 Å². The minimum atomic E-state index is 1.17. The highest BCUT2D eigenvalue weighted by Crippen LogP contribution is 2.52. The molecule has 0 saturated carbocycles. The smallest absolute Gasteiger partial charge is 0.00573 e. The molecule has 0 aromatic rings. The van der Waals surface area contributed by atoms with Gasteiger partial charge in [-0.1, -0.05) is 113 Å². The third kappa shape index (κ3) is 6.99. The first kappa shape index (κ1) is 35.4. The lowest BCUT2D eigenvalue weighted by Gasteiger charge is -2.06. The molecule has 0 heterocycles. The molecule has 0 atom stereocenters. The van der Waals surface area contributed by atoms with Crippen molar-refractivity contribution >= 4 is 0 Å². The maximum absolute atomic E-state index is 2.39. The largest absolute Gasteiger partial charge is 0.0683 e. The first-order chi connectivity index (χ1) is 19.2. The number of rotatable bonds is 0. The molecule has 6 aliphatic rings. The third-order valence-electron chi connectivity index (χ3n) is 7.49. The van der Waals surface area contributed by atoms with Crippen LogP contribution in [0.5, 0.6) is 0 Å². The number of hydrogen-bond acceptors (Lipinski definition) is 0. The van der Waals surface area contributed by atoms with Gasteiger partial charge in [-0.15, -0.1) is 0 Å². The number of allylic oxidation sites excluding steroid dienone is 20. The number of hydrogen-bond donors (Lipinski definition) is 0. The average molecular weight is 541 g/mol. The van der Waals surface area contributed by atoms with E-state index in [-0.39, 0.29) is 0 Å². The molecule has 6 rings (SSSR count). The fourth-order valence-electron chi connectivity index (χ4n) is 6.37. The van der Waals surface area contributed by atoms with E-state index in [0.717, 1.165) is 0 Å². The fourth-order valence-corrected chi connectivity index (χ4v) is 6.37. The van der Waals surface area contributed by atoms with Gasteiger partial charge in [-0.3, -0.25) is 0 Å². The summed E-state index contributed by atoms with van der Waals surface area (Å²) >= 11 is 0. The minimum Gasteiger partial charge on any atom is -0.0683 e. The molecule has 0 spiro atoms. The molecule has 0 amide bonds. The van der Waals surface area contributed by atoms with E-state index in [0.29, 0.717) is 0 Å². The Balaban J connectivity index is 0.000000321. The molecule has 0 aromatic heterocycles. The molecule has 0 unspecified atom stereocenters. The first-order valence-electron chi connectivity index (χ1n) is 16.1. The van der Waals surface area contributed by atoms with E-state index in [1.165, 1.54) is 92.6 Å². The van der Waals surface area contributed by atoms with Crippen molar-refractivity contribution in [2.75, 3.05) is 0 Å². The molecule has 0 aliphatic heterocycles. The molecule has 220 valence electrons. The molecular formula is C40H60. The van der Waals surface area contributed by atoms with Crippen molar-refractivity contribution in [3.05, 3.63) is 113 Å². The summed E-state index contributed by atoms with van der Waals surface area (Å²) in [4.78, 5) is 0. The molecule has 6 aliphatic carbocycles. The Morgan fingerprint density at radius 1 is 0.375 bits per heavy atom. The first-order valence-corrected chi connectivity index (χ1v) is 16.1. The maximum Gasteiger partial charge on any atom is -0.00573 e. The molecule has 0 saturated heterocycles. The van der Waals surface area contributed by atoms with Crippen LogP contribution in [0.3, 0.4) is 0 Å². The van der Waals surface area contributed by atoms with Gasteiger partial charge in [-0.05, 0) is 137 Å². The monoisotopic (exact) mass is 540 g/mol. The van der Waals surface area contributed by atoms with E-state index in [1.807, 2.05) is 55.4 Å². The second-order valence-electron chi connectivity index (χ2n) is 11.0. The van der Waals surface area contributed by atoms with E-state index in [1.54, 1.807) is 22.3 Å². The van der Waals surface area contributed by atoms with Crippen LogP contribution in [-0.2, 0) is 0 Å². The summed E-state index contributed by atoms with van der Waals surface area (Å²) in [7, 11) is 0. The van der Waals surface area contributed by atoms with Crippen LogP contribution < -0.4 is 0 Å².